The Bertz CT molecular complexity index is 1350. The zero-order chi connectivity index (χ0) is 28.4. The quantitative estimate of drug-likeness (QED) is 0.372. The Kier molecular flexibility index (Phi) is 7.55. The number of carboxylic acid groups (broad SMARTS) is 1. The second-order valence-electron chi connectivity index (χ2n) is 7.59. The maximum Gasteiger partial charge on any atom is 0.417 e. The molecule has 10 nitrogen and oxygen atoms in total. The van der Waals surface area contributed by atoms with Crippen LogP contribution in [0.2, 0.25) is 0 Å². The van der Waals surface area contributed by atoms with E-state index in [9.17, 15) is 35.9 Å². The molecule has 0 saturated heterocycles. The molecule has 0 fully saturated rings. The normalized spacial score (nSPS) is 11.6. The topological polar surface area (TPSA) is 142 Å². The van der Waals surface area contributed by atoms with Gasteiger partial charge in [-0.05, 0) is 38.1 Å². The molecule has 4 aromatic heterocycles. The van der Waals surface area contributed by atoms with E-state index in [0.717, 1.165) is 24.4 Å². The first-order valence-corrected chi connectivity index (χ1v) is 10.3. The number of rotatable bonds is 4. The minimum absolute atomic E-state index is 0.0262. The van der Waals surface area contributed by atoms with Gasteiger partial charge in [-0.15, -0.1) is 0 Å². The van der Waals surface area contributed by atoms with Crippen molar-refractivity contribution in [2.75, 3.05) is 0 Å². The summed E-state index contributed by atoms with van der Waals surface area (Å²) in [6.45, 7) is 3.07. The first kappa shape index (κ1) is 27.8. The molecule has 38 heavy (non-hydrogen) atoms. The van der Waals surface area contributed by atoms with Gasteiger partial charge in [0.15, 0.2) is 11.6 Å². The van der Waals surface area contributed by atoms with E-state index in [1.165, 1.54) is 28.6 Å². The third kappa shape index (κ3) is 5.96. The van der Waals surface area contributed by atoms with Crippen molar-refractivity contribution < 1.29 is 41.0 Å². The molecule has 0 aromatic carbocycles. The number of halogens is 6. The third-order valence-electron chi connectivity index (χ3n) is 5.10. The number of hydrogen-bond acceptors (Lipinski definition) is 6. The van der Waals surface area contributed by atoms with Gasteiger partial charge >= 0.3 is 18.3 Å². The Balaban J connectivity index is 0.000000211. The Morgan fingerprint density at radius 1 is 0.737 bits per heavy atom. The third-order valence-corrected chi connectivity index (χ3v) is 5.10. The van der Waals surface area contributed by atoms with Crippen LogP contribution in [0.15, 0.2) is 49.1 Å². The van der Waals surface area contributed by atoms with Crippen molar-refractivity contribution in [1.82, 2.24) is 29.5 Å². The smallest absolute Gasteiger partial charge is 0.417 e. The van der Waals surface area contributed by atoms with Crippen LogP contribution in [0.1, 0.15) is 43.2 Å². The number of aromatic carboxylic acids is 1. The molecule has 0 spiro atoms. The molecule has 4 rings (SSSR count). The fourth-order valence-corrected chi connectivity index (χ4v) is 3.09. The second kappa shape index (κ2) is 10.3. The first-order valence-electron chi connectivity index (χ1n) is 10.3. The van der Waals surface area contributed by atoms with Crippen LogP contribution in [-0.4, -0.2) is 46.5 Å². The number of primary amides is 1. The minimum Gasteiger partial charge on any atom is -0.478 e. The largest absolute Gasteiger partial charge is 0.478 e. The highest BCUT2D eigenvalue weighted by Crippen LogP contribution is 2.29. The van der Waals surface area contributed by atoms with Crippen LogP contribution in [0.5, 0.6) is 0 Å². The summed E-state index contributed by atoms with van der Waals surface area (Å²) in [5.41, 5.74) is 4.28. The zero-order valence-electron chi connectivity index (χ0n) is 19.4. The van der Waals surface area contributed by atoms with Crippen molar-refractivity contribution in [1.29, 1.82) is 0 Å². The van der Waals surface area contributed by atoms with E-state index in [2.05, 4.69) is 20.2 Å². The van der Waals surface area contributed by atoms with Crippen LogP contribution >= 0.6 is 0 Å². The minimum atomic E-state index is -4.46. The highest BCUT2D eigenvalue weighted by atomic mass is 19.4. The molecular formula is C22H17F6N7O3. The van der Waals surface area contributed by atoms with Crippen molar-refractivity contribution >= 4 is 11.9 Å². The number of nitrogens with two attached hydrogens (primary N) is 1. The summed E-state index contributed by atoms with van der Waals surface area (Å²) < 4.78 is 76.7. The van der Waals surface area contributed by atoms with Gasteiger partial charge in [0, 0.05) is 12.4 Å². The number of aromatic nitrogens is 6. The van der Waals surface area contributed by atoms with Crippen LogP contribution in [0.25, 0.3) is 11.6 Å². The van der Waals surface area contributed by atoms with Gasteiger partial charge in [-0.1, -0.05) is 0 Å². The number of pyridine rings is 2. The Hall–Kier alpha value is -4.76. The monoisotopic (exact) mass is 541 g/mol. The van der Waals surface area contributed by atoms with E-state index < -0.39 is 35.4 Å². The van der Waals surface area contributed by atoms with E-state index in [-0.39, 0.29) is 22.8 Å². The molecule has 0 unspecified atom stereocenters. The molecule has 0 bridgehead atoms. The van der Waals surface area contributed by atoms with E-state index in [4.69, 9.17) is 10.8 Å². The van der Waals surface area contributed by atoms with Gasteiger partial charge in [0.1, 0.15) is 5.56 Å². The number of hydrogen-bond donors (Lipinski definition) is 2. The Morgan fingerprint density at radius 3 is 1.39 bits per heavy atom. The van der Waals surface area contributed by atoms with Crippen LogP contribution in [0.3, 0.4) is 0 Å². The van der Waals surface area contributed by atoms with Gasteiger partial charge in [-0.2, -0.15) is 36.5 Å². The molecular weight excluding hydrogens is 524 g/mol. The average molecular weight is 541 g/mol. The zero-order valence-corrected chi connectivity index (χ0v) is 19.4. The van der Waals surface area contributed by atoms with E-state index in [0.29, 0.717) is 23.8 Å². The van der Waals surface area contributed by atoms with Crippen molar-refractivity contribution in [3.8, 4) is 11.6 Å². The van der Waals surface area contributed by atoms with Crippen molar-refractivity contribution in [2.45, 2.75) is 26.2 Å². The van der Waals surface area contributed by atoms with E-state index >= 15 is 0 Å². The Labute approximate surface area is 209 Å². The fraction of sp³-hybridized carbons (Fsp3) is 0.182. The molecule has 4 aromatic rings. The maximum atomic E-state index is 12.4. The lowest BCUT2D eigenvalue weighted by atomic mass is 10.2. The summed E-state index contributed by atoms with van der Waals surface area (Å²) in [4.78, 5) is 29.2. The standard InChI is InChI=1S/C11H9F3N4O.C11H8F3N3O2/c1-6-8(10(15)19)5-17-18(6)9-3-2-7(4-16-9)11(12,13)14;1-6-8(10(18)19)5-16-17(6)9-3-2-7(4-15-9)11(12,13)14/h2-5H,1H3,(H2,15,19);2-5H,1H3,(H,18,19). The predicted octanol–water partition coefficient (Wildman–Crippen LogP) is 3.99. The van der Waals surface area contributed by atoms with Crippen molar-refractivity contribution in [3.63, 3.8) is 0 Å². The molecule has 0 saturated carbocycles. The average Bonchev–Trinajstić information content (AvgIpc) is 3.41. The van der Waals surface area contributed by atoms with Gasteiger partial charge in [0.05, 0.1) is 40.5 Å². The van der Waals surface area contributed by atoms with Crippen LogP contribution in [-0.2, 0) is 12.4 Å². The van der Waals surface area contributed by atoms with Gasteiger partial charge in [0.2, 0.25) is 0 Å². The molecule has 0 atom stereocenters. The highest BCUT2D eigenvalue weighted by molar-refractivity contribution is 5.93. The number of nitrogens with zero attached hydrogens (tertiary/aromatic N) is 6. The molecule has 4 heterocycles. The molecule has 0 aliphatic heterocycles. The summed E-state index contributed by atoms with van der Waals surface area (Å²) in [6, 6.07) is 4.07. The van der Waals surface area contributed by atoms with Crippen LogP contribution in [0, 0.1) is 13.8 Å². The summed E-state index contributed by atoms with van der Waals surface area (Å²) in [5, 5.41) is 16.5. The lowest BCUT2D eigenvalue weighted by molar-refractivity contribution is -0.138. The summed E-state index contributed by atoms with van der Waals surface area (Å²) in [6.07, 6.45) is -5.15. The summed E-state index contributed by atoms with van der Waals surface area (Å²) >= 11 is 0. The number of alkyl halides is 6. The van der Waals surface area contributed by atoms with Crippen LogP contribution < -0.4 is 5.73 Å². The number of carbonyl (C=O) groups excluding carboxylic acids is 1. The molecule has 0 radical (unpaired) electrons. The first-order chi connectivity index (χ1) is 17.6. The van der Waals surface area contributed by atoms with E-state index in [1.807, 2.05) is 0 Å². The molecule has 200 valence electrons. The molecule has 3 N–H and O–H groups in total. The highest BCUT2D eigenvalue weighted by Gasteiger charge is 2.31. The second-order valence-corrected chi connectivity index (χ2v) is 7.59. The lowest BCUT2D eigenvalue weighted by Crippen LogP contribution is -2.12. The lowest BCUT2D eigenvalue weighted by Gasteiger charge is -2.07. The number of amides is 1. The fourth-order valence-electron chi connectivity index (χ4n) is 3.09. The van der Waals surface area contributed by atoms with Gasteiger partial charge in [-0.3, -0.25) is 4.79 Å². The molecule has 0 aliphatic carbocycles. The maximum absolute atomic E-state index is 12.4. The number of carbonyl (C=O) groups is 2. The molecule has 1 amide bonds. The molecule has 16 heteroatoms. The van der Waals surface area contributed by atoms with Crippen LogP contribution in [0.4, 0.5) is 26.3 Å². The van der Waals surface area contributed by atoms with Crippen molar-refractivity contribution in [3.05, 3.63) is 82.7 Å². The van der Waals surface area contributed by atoms with Crippen molar-refractivity contribution in [2.24, 2.45) is 5.73 Å². The number of carboxylic acids is 1. The molecule has 0 aliphatic rings. The summed E-state index contributed by atoms with van der Waals surface area (Å²) in [5.74, 6) is -1.51. The van der Waals surface area contributed by atoms with Gasteiger partial charge in [0.25, 0.3) is 5.91 Å². The van der Waals surface area contributed by atoms with E-state index in [1.54, 1.807) is 6.92 Å². The Morgan fingerprint density at radius 2 is 1.13 bits per heavy atom. The summed E-state index contributed by atoms with van der Waals surface area (Å²) in [7, 11) is 0. The predicted molar refractivity (Wildman–Crippen MR) is 118 cm³/mol. The SMILES string of the molecule is Cc1c(C(=O)O)cnn1-c1ccc(C(F)(F)F)cn1.Cc1c(C(N)=O)cnn1-c1ccc(C(F)(F)F)cn1. The van der Waals surface area contributed by atoms with Gasteiger partial charge < -0.3 is 10.8 Å². The van der Waals surface area contributed by atoms with Gasteiger partial charge in [-0.25, -0.2) is 24.1 Å².